The maximum absolute atomic E-state index is 12.6. The van der Waals surface area contributed by atoms with E-state index in [0.29, 0.717) is 21.8 Å². The standard InChI is InChI=1S/C16H13ClF2N4O3S/c1-27(24,25)23-13(9-3-2-4-11(17)7-9)12-6-5-10(8-20-12)15-21-22-16(26-15)14(18)19/h2-8,13-14,23H,1H3. The minimum Gasteiger partial charge on any atom is -0.415 e. The molecule has 0 radical (unpaired) electrons. The van der Waals surface area contributed by atoms with Gasteiger partial charge in [-0.05, 0) is 29.8 Å². The van der Waals surface area contributed by atoms with Crippen molar-refractivity contribution < 1.29 is 21.6 Å². The quantitative estimate of drug-likeness (QED) is 0.664. The lowest BCUT2D eigenvalue weighted by Crippen LogP contribution is -2.28. The zero-order valence-corrected chi connectivity index (χ0v) is 15.4. The van der Waals surface area contributed by atoms with Crippen LogP contribution in [0.5, 0.6) is 0 Å². The first-order valence-electron chi connectivity index (χ1n) is 7.53. The maximum atomic E-state index is 12.6. The summed E-state index contributed by atoms with van der Waals surface area (Å²) in [5.41, 5.74) is 1.29. The molecule has 1 unspecified atom stereocenters. The number of halogens is 3. The Labute approximate surface area is 158 Å². The molecule has 0 fully saturated rings. The van der Waals surface area contributed by atoms with E-state index >= 15 is 0 Å². The molecule has 0 saturated heterocycles. The van der Waals surface area contributed by atoms with Gasteiger partial charge in [0.25, 0.3) is 5.89 Å². The Morgan fingerprint density at radius 1 is 1.19 bits per heavy atom. The van der Waals surface area contributed by atoms with Crippen molar-refractivity contribution in [3.05, 3.63) is 64.8 Å². The Balaban J connectivity index is 1.95. The lowest BCUT2D eigenvalue weighted by molar-refractivity contribution is 0.116. The fourth-order valence-corrected chi connectivity index (χ4v) is 3.23. The van der Waals surface area contributed by atoms with Gasteiger partial charge in [0.05, 0.1) is 23.6 Å². The van der Waals surface area contributed by atoms with E-state index in [1.54, 1.807) is 24.3 Å². The van der Waals surface area contributed by atoms with Crippen molar-refractivity contribution in [3.63, 3.8) is 0 Å². The van der Waals surface area contributed by atoms with Crippen LogP contribution in [-0.4, -0.2) is 29.9 Å². The maximum Gasteiger partial charge on any atom is 0.314 e. The lowest BCUT2D eigenvalue weighted by atomic mass is 10.0. The molecule has 7 nitrogen and oxygen atoms in total. The van der Waals surface area contributed by atoms with Gasteiger partial charge in [-0.1, -0.05) is 23.7 Å². The first-order valence-corrected chi connectivity index (χ1v) is 9.80. The molecule has 11 heteroatoms. The van der Waals surface area contributed by atoms with Crippen molar-refractivity contribution in [1.29, 1.82) is 0 Å². The first kappa shape index (κ1) is 19.3. The Morgan fingerprint density at radius 3 is 2.52 bits per heavy atom. The number of rotatable bonds is 6. The van der Waals surface area contributed by atoms with Gasteiger partial charge in [0, 0.05) is 11.2 Å². The van der Waals surface area contributed by atoms with Crippen molar-refractivity contribution in [1.82, 2.24) is 19.9 Å². The third kappa shape index (κ3) is 4.85. The van der Waals surface area contributed by atoms with Gasteiger partial charge in [0.15, 0.2) is 0 Å². The summed E-state index contributed by atoms with van der Waals surface area (Å²) < 4.78 is 56.0. The largest absolute Gasteiger partial charge is 0.415 e. The van der Waals surface area contributed by atoms with E-state index in [2.05, 4.69) is 19.9 Å². The Morgan fingerprint density at radius 2 is 1.96 bits per heavy atom. The SMILES string of the molecule is CS(=O)(=O)NC(c1cccc(Cl)c1)c1ccc(-c2nnc(C(F)F)o2)cn1. The summed E-state index contributed by atoms with van der Waals surface area (Å²) in [6.45, 7) is 0. The molecule has 2 aromatic heterocycles. The molecule has 27 heavy (non-hydrogen) atoms. The third-order valence-electron chi connectivity index (χ3n) is 3.47. The van der Waals surface area contributed by atoms with Gasteiger partial charge < -0.3 is 4.42 Å². The van der Waals surface area contributed by atoms with Crippen LogP contribution in [-0.2, 0) is 10.0 Å². The first-order chi connectivity index (χ1) is 12.7. The van der Waals surface area contributed by atoms with Crippen LogP contribution in [0.15, 0.2) is 47.0 Å². The van der Waals surface area contributed by atoms with Crippen LogP contribution in [0.1, 0.15) is 29.6 Å². The highest BCUT2D eigenvalue weighted by molar-refractivity contribution is 7.88. The van der Waals surface area contributed by atoms with E-state index in [0.717, 1.165) is 6.26 Å². The van der Waals surface area contributed by atoms with Crippen molar-refractivity contribution in [2.24, 2.45) is 0 Å². The molecule has 0 amide bonds. The summed E-state index contributed by atoms with van der Waals surface area (Å²) in [7, 11) is -3.56. The highest BCUT2D eigenvalue weighted by Gasteiger charge is 2.21. The molecule has 0 aliphatic rings. The summed E-state index contributed by atoms with van der Waals surface area (Å²) in [5, 5.41) is 7.24. The molecule has 1 N–H and O–H groups in total. The molecule has 1 atom stereocenters. The zero-order valence-electron chi connectivity index (χ0n) is 13.8. The summed E-state index contributed by atoms with van der Waals surface area (Å²) >= 11 is 5.99. The number of hydrogen-bond donors (Lipinski definition) is 1. The number of pyridine rings is 1. The predicted octanol–water partition coefficient (Wildman–Crippen LogP) is 3.36. The van der Waals surface area contributed by atoms with Crippen molar-refractivity contribution >= 4 is 21.6 Å². The average molecular weight is 415 g/mol. The second-order valence-electron chi connectivity index (χ2n) is 5.60. The molecular weight excluding hydrogens is 402 g/mol. The Hall–Kier alpha value is -2.43. The van der Waals surface area contributed by atoms with Gasteiger partial charge in [0.2, 0.25) is 15.9 Å². The topological polar surface area (TPSA) is 98.0 Å². The summed E-state index contributed by atoms with van der Waals surface area (Å²) in [5.74, 6) is -0.899. The second kappa shape index (κ2) is 7.67. The van der Waals surface area contributed by atoms with E-state index in [4.69, 9.17) is 16.0 Å². The summed E-state index contributed by atoms with van der Waals surface area (Å²) in [6, 6.07) is 8.94. The fraction of sp³-hybridized carbons (Fsp3) is 0.188. The van der Waals surface area contributed by atoms with Gasteiger partial charge >= 0.3 is 6.43 Å². The van der Waals surface area contributed by atoms with Gasteiger partial charge in [0.1, 0.15) is 0 Å². The monoisotopic (exact) mass is 414 g/mol. The lowest BCUT2D eigenvalue weighted by Gasteiger charge is -2.18. The van der Waals surface area contributed by atoms with Crippen LogP contribution in [0.25, 0.3) is 11.5 Å². The Kier molecular flexibility index (Phi) is 5.49. The number of nitrogens with one attached hydrogen (secondary N) is 1. The van der Waals surface area contributed by atoms with Crippen LogP contribution in [0, 0.1) is 0 Å². The fourth-order valence-electron chi connectivity index (χ4n) is 2.34. The molecule has 3 rings (SSSR count). The number of sulfonamides is 1. The van der Waals surface area contributed by atoms with Gasteiger partial charge in [-0.2, -0.15) is 8.78 Å². The Bertz CT molecular complexity index is 1040. The normalized spacial score (nSPS) is 13.1. The van der Waals surface area contributed by atoms with Crippen molar-refractivity contribution in [3.8, 4) is 11.5 Å². The van der Waals surface area contributed by atoms with Crippen molar-refractivity contribution in [2.45, 2.75) is 12.5 Å². The minimum absolute atomic E-state index is 0.111. The number of nitrogens with zero attached hydrogens (tertiary/aromatic N) is 3. The predicted molar refractivity (Wildman–Crippen MR) is 93.8 cm³/mol. The smallest absolute Gasteiger partial charge is 0.314 e. The second-order valence-corrected chi connectivity index (χ2v) is 7.81. The van der Waals surface area contributed by atoms with Gasteiger partial charge in [-0.15, -0.1) is 10.2 Å². The molecule has 0 spiro atoms. The molecule has 0 aliphatic heterocycles. The number of benzene rings is 1. The van der Waals surface area contributed by atoms with E-state index in [-0.39, 0.29) is 5.89 Å². The number of alkyl halides is 2. The molecular formula is C16H13ClF2N4O3S. The van der Waals surface area contributed by atoms with Crippen LogP contribution in [0.2, 0.25) is 5.02 Å². The molecule has 0 bridgehead atoms. The molecule has 0 aliphatic carbocycles. The minimum atomic E-state index is -3.56. The molecule has 2 heterocycles. The summed E-state index contributed by atoms with van der Waals surface area (Å²) in [6.07, 6.45) is -0.507. The third-order valence-corrected chi connectivity index (χ3v) is 4.37. The van der Waals surface area contributed by atoms with Crippen LogP contribution < -0.4 is 4.72 Å². The highest BCUT2D eigenvalue weighted by atomic mass is 35.5. The molecule has 0 saturated carbocycles. The number of hydrogen-bond acceptors (Lipinski definition) is 6. The van der Waals surface area contributed by atoms with E-state index in [1.165, 1.54) is 18.3 Å². The van der Waals surface area contributed by atoms with Crippen LogP contribution >= 0.6 is 11.6 Å². The average Bonchev–Trinajstić information content (AvgIpc) is 3.09. The highest BCUT2D eigenvalue weighted by Crippen LogP contribution is 2.27. The zero-order chi connectivity index (χ0) is 19.6. The van der Waals surface area contributed by atoms with Crippen molar-refractivity contribution in [2.75, 3.05) is 6.26 Å². The van der Waals surface area contributed by atoms with E-state index < -0.39 is 28.4 Å². The molecule has 142 valence electrons. The van der Waals surface area contributed by atoms with Gasteiger partial charge in [-0.25, -0.2) is 13.1 Å². The van der Waals surface area contributed by atoms with Crippen LogP contribution in [0.4, 0.5) is 8.78 Å². The summed E-state index contributed by atoms with van der Waals surface area (Å²) in [4.78, 5) is 4.21. The van der Waals surface area contributed by atoms with Gasteiger partial charge in [-0.3, -0.25) is 4.98 Å². The molecule has 1 aromatic carbocycles. The van der Waals surface area contributed by atoms with Crippen LogP contribution in [0.3, 0.4) is 0 Å². The van der Waals surface area contributed by atoms with E-state index in [1.807, 2.05) is 0 Å². The van der Waals surface area contributed by atoms with E-state index in [9.17, 15) is 17.2 Å². The molecule has 3 aromatic rings. The number of aromatic nitrogens is 3.